The maximum absolute atomic E-state index is 9.18. The van der Waals surface area contributed by atoms with Crippen LogP contribution in [0.2, 0.25) is 0 Å². The molecule has 88 valence electrons. The van der Waals surface area contributed by atoms with Gasteiger partial charge in [0, 0.05) is 0 Å². The Morgan fingerprint density at radius 1 is 1.25 bits per heavy atom. The van der Waals surface area contributed by atoms with Crippen LogP contribution in [-0.2, 0) is 6.61 Å². The summed E-state index contributed by atoms with van der Waals surface area (Å²) >= 11 is 0. The smallest absolute Gasteiger partial charge is 0.122 e. The van der Waals surface area contributed by atoms with Gasteiger partial charge in [0.05, 0.1) is 13.7 Å². The highest BCUT2D eigenvalue weighted by Crippen LogP contribution is 2.37. The van der Waals surface area contributed by atoms with E-state index in [-0.39, 0.29) is 6.61 Å². The molecule has 0 aromatic heterocycles. The molecule has 0 atom stereocenters. The summed E-state index contributed by atoms with van der Waals surface area (Å²) in [6.45, 7) is 0.115. The lowest BCUT2D eigenvalue weighted by Crippen LogP contribution is -2.07. The summed E-state index contributed by atoms with van der Waals surface area (Å²) in [5, 5.41) is 9.18. The number of hydrogen-bond acceptors (Lipinski definition) is 2. The molecular formula is C14H20O2. The van der Waals surface area contributed by atoms with E-state index in [0.717, 1.165) is 11.3 Å². The van der Waals surface area contributed by atoms with Crippen LogP contribution in [0.25, 0.3) is 0 Å². The quantitative estimate of drug-likeness (QED) is 0.847. The summed E-state index contributed by atoms with van der Waals surface area (Å²) in [6.07, 6.45) is 6.50. The zero-order valence-electron chi connectivity index (χ0n) is 9.91. The van der Waals surface area contributed by atoms with Crippen LogP contribution in [-0.4, -0.2) is 12.2 Å². The maximum Gasteiger partial charge on any atom is 0.122 e. The fraction of sp³-hybridized carbons (Fsp3) is 0.571. The van der Waals surface area contributed by atoms with E-state index in [2.05, 4.69) is 6.07 Å². The molecule has 1 fully saturated rings. The topological polar surface area (TPSA) is 29.5 Å². The summed E-state index contributed by atoms with van der Waals surface area (Å²) < 4.78 is 5.42. The highest BCUT2D eigenvalue weighted by molar-refractivity contribution is 5.39. The first-order chi connectivity index (χ1) is 7.85. The molecule has 1 aliphatic carbocycles. The summed E-state index contributed by atoms with van der Waals surface area (Å²) in [5.74, 6) is 1.60. The first kappa shape index (κ1) is 11.5. The van der Waals surface area contributed by atoms with Crippen molar-refractivity contribution in [1.82, 2.24) is 0 Å². The summed E-state index contributed by atoms with van der Waals surface area (Å²) in [4.78, 5) is 0. The summed E-state index contributed by atoms with van der Waals surface area (Å²) in [5.41, 5.74) is 2.27. The lowest BCUT2D eigenvalue weighted by molar-refractivity contribution is 0.281. The number of rotatable bonds is 3. The van der Waals surface area contributed by atoms with E-state index in [1.54, 1.807) is 7.11 Å². The molecule has 16 heavy (non-hydrogen) atoms. The molecule has 1 saturated carbocycles. The van der Waals surface area contributed by atoms with Gasteiger partial charge in [0.15, 0.2) is 0 Å². The van der Waals surface area contributed by atoms with Gasteiger partial charge in [-0.25, -0.2) is 0 Å². The lowest BCUT2D eigenvalue weighted by Gasteiger charge is -2.24. The summed E-state index contributed by atoms with van der Waals surface area (Å²) in [7, 11) is 1.72. The number of methoxy groups -OCH3 is 1. The highest BCUT2D eigenvalue weighted by atomic mass is 16.5. The molecule has 0 aliphatic heterocycles. The molecule has 1 aromatic rings. The van der Waals surface area contributed by atoms with E-state index in [1.807, 2.05) is 12.1 Å². The van der Waals surface area contributed by atoms with Crippen molar-refractivity contribution in [2.24, 2.45) is 0 Å². The molecule has 0 spiro atoms. The third-order valence-electron chi connectivity index (χ3n) is 3.52. The fourth-order valence-electron chi connectivity index (χ4n) is 2.61. The van der Waals surface area contributed by atoms with Gasteiger partial charge in [0.1, 0.15) is 5.75 Å². The first-order valence-corrected chi connectivity index (χ1v) is 6.13. The molecule has 0 amide bonds. The molecule has 1 N–H and O–H groups in total. The van der Waals surface area contributed by atoms with Crippen molar-refractivity contribution in [2.45, 2.75) is 44.6 Å². The second kappa shape index (κ2) is 5.35. The Kier molecular flexibility index (Phi) is 3.83. The van der Waals surface area contributed by atoms with Gasteiger partial charge >= 0.3 is 0 Å². The monoisotopic (exact) mass is 220 g/mol. The largest absolute Gasteiger partial charge is 0.496 e. The second-order valence-corrected chi connectivity index (χ2v) is 4.57. The van der Waals surface area contributed by atoms with Gasteiger partial charge in [-0.2, -0.15) is 0 Å². The molecule has 1 aliphatic rings. The van der Waals surface area contributed by atoms with E-state index >= 15 is 0 Å². The zero-order valence-corrected chi connectivity index (χ0v) is 9.91. The molecule has 1 aromatic carbocycles. The average molecular weight is 220 g/mol. The zero-order chi connectivity index (χ0) is 11.4. The molecular weight excluding hydrogens is 200 g/mol. The molecule has 0 unspecified atom stereocenters. The van der Waals surface area contributed by atoms with E-state index in [0.29, 0.717) is 5.92 Å². The molecule has 2 heteroatoms. The number of benzene rings is 1. The SMILES string of the molecule is COc1ccc(CO)cc1C1CCCCC1. The molecule has 2 rings (SSSR count). The van der Waals surface area contributed by atoms with Gasteiger partial charge < -0.3 is 9.84 Å². The van der Waals surface area contributed by atoms with Crippen LogP contribution < -0.4 is 4.74 Å². The van der Waals surface area contributed by atoms with Crippen LogP contribution in [0.3, 0.4) is 0 Å². The molecule has 2 nitrogen and oxygen atoms in total. The van der Waals surface area contributed by atoms with Crippen molar-refractivity contribution in [3.8, 4) is 5.75 Å². The Labute approximate surface area is 97.3 Å². The van der Waals surface area contributed by atoms with Crippen molar-refractivity contribution < 1.29 is 9.84 Å². The van der Waals surface area contributed by atoms with E-state index < -0.39 is 0 Å². The number of hydrogen-bond donors (Lipinski definition) is 1. The maximum atomic E-state index is 9.18. The summed E-state index contributed by atoms with van der Waals surface area (Å²) in [6, 6.07) is 6.02. The third kappa shape index (κ3) is 2.38. The van der Waals surface area contributed by atoms with Crippen molar-refractivity contribution in [3.63, 3.8) is 0 Å². The van der Waals surface area contributed by atoms with Crippen LogP contribution in [0.5, 0.6) is 5.75 Å². The van der Waals surface area contributed by atoms with Gasteiger partial charge in [-0.15, -0.1) is 0 Å². The highest BCUT2D eigenvalue weighted by Gasteiger charge is 2.19. The Morgan fingerprint density at radius 2 is 2.00 bits per heavy atom. The van der Waals surface area contributed by atoms with Crippen LogP contribution >= 0.6 is 0 Å². The van der Waals surface area contributed by atoms with Gasteiger partial charge in [-0.3, -0.25) is 0 Å². The van der Waals surface area contributed by atoms with Crippen LogP contribution in [0.15, 0.2) is 18.2 Å². The van der Waals surface area contributed by atoms with E-state index in [4.69, 9.17) is 4.74 Å². The van der Waals surface area contributed by atoms with Gasteiger partial charge in [-0.05, 0) is 42.0 Å². The van der Waals surface area contributed by atoms with Gasteiger partial charge in [0.2, 0.25) is 0 Å². The standard InChI is InChI=1S/C14H20O2/c1-16-14-8-7-11(10-15)9-13(14)12-5-3-2-4-6-12/h7-9,12,15H,2-6,10H2,1H3. The molecule has 0 radical (unpaired) electrons. The minimum atomic E-state index is 0.115. The van der Waals surface area contributed by atoms with E-state index in [1.165, 1.54) is 37.7 Å². The minimum absolute atomic E-state index is 0.115. The van der Waals surface area contributed by atoms with Gasteiger partial charge in [-0.1, -0.05) is 25.3 Å². The Balaban J connectivity index is 2.27. The van der Waals surface area contributed by atoms with Crippen molar-refractivity contribution >= 4 is 0 Å². The Morgan fingerprint density at radius 3 is 2.62 bits per heavy atom. The second-order valence-electron chi connectivity index (χ2n) is 4.57. The number of ether oxygens (including phenoxy) is 1. The third-order valence-corrected chi connectivity index (χ3v) is 3.52. The van der Waals surface area contributed by atoms with Crippen LogP contribution in [0.1, 0.15) is 49.1 Å². The lowest BCUT2D eigenvalue weighted by atomic mass is 9.83. The molecule has 0 heterocycles. The molecule has 0 bridgehead atoms. The number of aliphatic hydroxyl groups is 1. The normalized spacial score (nSPS) is 17.4. The van der Waals surface area contributed by atoms with E-state index in [9.17, 15) is 5.11 Å². The fourth-order valence-corrected chi connectivity index (χ4v) is 2.61. The number of aliphatic hydroxyl groups excluding tert-OH is 1. The van der Waals surface area contributed by atoms with Gasteiger partial charge in [0.25, 0.3) is 0 Å². The van der Waals surface area contributed by atoms with Crippen molar-refractivity contribution in [3.05, 3.63) is 29.3 Å². The van der Waals surface area contributed by atoms with Crippen LogP contribution in [0.4, 0.5) is 0 Å². The van der Waals surface area contributed by atoms with Crippen LogP contribution in [0, 0.1) is 0 Å². The van der Waals surface area contributed by atoms with Crippen molar-refractivity contribution in [1.29, 1.82) is 0 Å². The predicted octanol–water partition coefficient (Wildman–Crippen LogP) is 3.24. The Bertz CT molecular complexity index is 341. The predicted molar refractivity (Wildman–Crippen MR) is 64.7 cm³/mol. The minimum Gasteiger partial charge on any atom is -0.496 e. The average Bonchev–Trinajstić information content (AvgIpc) is 2.39. The first-order valence-electron chi connectivity index (χ1n) is 6.13. The molecule has 0 saturated heterocycles. The van der Waals surface area contributed by atoms with Crippen molar-refractivity contribution in [2.75, 3.05) is 7.11 Å². The Hall–Kier alpha value is -1.02.